The molecule has 2 aromatic heterocycles. The number of ether oxygens (including phenoxy) is 1. The summed E-state index contributed by atoms with van der Waals surface area (Å²) in [6.45, 7) is 0. The van der Waals surface area contributed by atoms with Crippen molar-refractivity contribution >= 4 is 5.95 Å². The molecule has 0 amide bonds. The lowest BCUT2D eigenvalue weighted by atomic mass is 10.6. The van der Waals surface area contributed by atoms with Crippen molar-refractivity contribution in [3.05, 3.63) is 18.7 Å². The third-order valence-corrected chi connectivity index (χ3v) is 1.55. The summed E-state index contributed by atoms with van der Waals surface area (Å²) in [5, 5.41) is 3.88. The maximum absolute atomic E-state index is 5.36. The van der Waals surface area contributed by atoms with Gasteiger partial charge in [-0.2, -0.15) is 9.67 Å². The molecule has 0 atom stereocenters. The van der Waals surface area contributed by atoms with Crippen LogP contribution in [0.1, 0.15) is 0 Å². The molecule has 0 aliphatic heterocycles. The maximum atomic E-state index is 5.36. The number of methoxy groups -OCH3 is 1. The van der Waals surface area contributed by atoms with E-state index in [1.807, 2.05) is 0 Å². The monoisotopic (exact) mass is 192 g/mol. The standard InChI is InChI=1S/C7H8N6O/c1-14-6-3-9-2-5(11-6)13-4-10-7(8)12-13/h2-4H,1H3,(H2,8,12). The maximum Gasteiger partial charge on any atom is 0.239 e. The molecule has 2 N–H and O–H groups in total. The molecule has 0 saturated heterocycles. The van der Waals surface area contributed by atoms with E-state index in [0.29, 0.717) is 11.7 Å². The first-order valence-corrected chi connectivity index (χ1v) is 3.83. The van der Waals surface area contributed by atoms with Crippen molar-refractivity contribution in [2.24, 2.45) is 0 Å². The lowest BCUT2D eigenvalue weighted by Gasteiger charge is -2.00. The van der Waals surface area contributed by atoms with Crippen molar-refractivity contribution in [2.45, 2.75) is 0 Å². The van der Waals surface area contributed by atoms with Gasteiger partial charge in [0.05, 0.1) is 19.5 Å². The van der Waals surface area contributed by atoms with E-state index in [9.17, 15) is 0 Å². The summed E-state index contributed by atoms with van der Waals surface area (Å²) in [4.78, 5) is 11.8. The van der Waals surface area contributed by atoms with Crippen molar-refractivity contribution in [3.8, 4) is 11.7 Å². The fourth-order valence-corrected chi connectivity index (χ4v) is 0.933. The molecule has 72 valence electrons. The second kappa shape index (κ2) is 3.29. The van der Waals surface area contributed by atoms with E-state index in [0.717, 1.165) is 0 Å². The zero-order valence-electron chi connectivity index (χ0n) is 7.45. The van der Waals surface area contributed by atoms with Gasteiger partial charge < -0.3 is 10.5 Å². The van der Waals surface area contributed by atoms with Gasteiger partial charge in [-0.25, -0.2) is 4.98 Å². The summed E-state index contributed by atoms with van der Waals surface area (Å²) >= 11 is 0. The fraction of sp³-hybridized carbons (Fsp3) is 0.143. The van der Waals surface area contributed by atoms with Gasteiger partial charge in [0.25, 0.3) is 0 Å². The van der Waals surface area contributed by atoms with Crippen LogP contribution in [0.25, 0.3) is 5.82 Å². The number of hydrogen-bond acceptors (Lipinski definition) is 6. The van der Waals surface area contributed by atoms with Crippen LogP contribution in [0, 0.1) is 0 Å². The smallest absolute Gasteiger partial charge is 0.239 e. The average Bonchev–Trinajstić information content (AvgIpc) is 2.65. The summed E-state index contributed by atoms with van der Waals surface area (Å²) in [5.74, 6) is 1.11. The van der Waals surface area contributed by atoms with Crippen LogP contribution in [0.2, 0.25) is 0 Å². The topological polar surface area (TPSA) is 91.7 Å². The molecule has 14 heavy (non-hydrogen) atoms. The number of aromatic nitrogens is 5. The van der Waals surface area contributed by atoms with Crippen molar-refractivity contribution in [1.29, 1.82) is 0 Å². The predicted octanol–water partition coefficient (Wildman–Crippen LogP) is -0.352. The van der Waals surface area contributed by atoms with Crippen LogP contribution < -0.4 is 10.5 Å². The van der Waals surface area contributed by atoms with Gasteiger partial charge in [-0.15, -0.1) is 5.10 Å². The molecular formula is C7H8N6O. The molecule has 0 spiro atoms. The summed E-state index contributed by atoms with van der Waals surface area (Å²) in [6.07, 6.45) is 4.50. The first-order chi connectivity index (χ1) is 6.79. The van der Waals surface area contributed by atoms with Crippen LogP contribution in [-0.4, -0.2) is 31.8 Å². The summed E-state index contributed by atoms with van der Waals surface area (Å²) in [7, 11) is 1.52. The Labute approximate surface area is 79.6 Å². The molecule has 0 saturated carbocycles. The molecule has 7 heteroatoms. The summed E-state index contributed by atoms with van der Waals surface area (Å²) in [5.41, 5.74) is 5.36. The SMILES string of the molecule is COc1cncc(-n2cnc(N)n2)n1. The summed E-state index contributed by atoms with van der Waals surface area (Å²) in [6, 6.07) is 0. The fourth-order valence-electron chi connectivity index (χ4n) is 0.933. The minimum atomic E-state index is 0.189. The molecule has 0 unspecified atom stereocenters. The van der Waals surface area contributed by atoms with Crippen LogP contribution in [0.4, 0.5) is 5.95 Å². The van der Waals surface area contributed by atoms with Gasteiger partial charge >= 0.3 is 0 Å². The highest BCUT2D eigenvalue weighted by Crippen LogP contribution is 2.07. The van der Waals surface area contributed by atoms with E-state index < -0.39 is 0 Å². The van der Waals surface area contributed by atoms with Crippen LogP contribution in [0.5, 0.6) is 5.88 Å². The number of anilines is 1. The third kappa shape index (κ3) is 1.47. The summed E-state index contributed by atoms with van der Waals surface area (Å²) < 4.78 is 6.34. The van der Waals surface area contributed by atoms with Gasteiger partial charge in [0.1, 0.15) is 6.33 Å². The largest absolute Gasteiger partial charge is 0.480 e. The Morgan fingerprint density at radius 1 is 1.43 bits per heavy atom. The van der Waals surface area contributed by atoms with Crippen LogP contribution in [0.15, 0.2) is 18.7 Å². The molecule has 2 aromatic rings. The van der Waals surface area contributed by atoms with E-state index in [4.69, 9.17) is 10.5 Å². The molecule has 0 aliphatic carbocycles. The second-order valence-electron chi connectivity index (χ2n) is 2.47. The molecule has 2 heterocycles. The quantitative estimate of drug-likeness (QED) is 0.699. The van der Waals surface area contributed by atoms with Gasteiger partial charge in [-0.1, -0.05) is 0 Å². The normalized spacial score (nSPS) is 10.1. The van der Waals surface area contributed by atoms with Gasteiger partial charge in [0, 0.05) is 0 Å². The average molecular weight is 192 g/mol. The first kappa shape index (κ1) is 8.42. The van der Waals surface area contributed by atoms with Crippen molar-refractivity contribution in [2.75, 3.05) is 12.8 Å². The highest BCUT2D eigenvalue weighted by atomic mass is 16.5. The minimum Gasteiger partial charge on any atom is -0.480 e. The van der Waals surface area contributed by atoms with Crippen molar-refractivity contribution in [1.82, 2.24) is 24.7 Å². The lowest BCUT2D eigenvalue weighted by molar-refractivity contribution is 0.394. The van der Waals surface area contributed by atoms with Gasteiger partial charge in [-0.05, 0) is 0 Å². The van der Waals surface area contributed by atoms with Crippen LogP contribution >= 0.6 is 0 Å². The molecule has 0 aliphatic rings. The van der Waals surface area contributed by atoms with Crippen LogP contribution in [-0.2, 0) is 0 Å². The number of nitrogens with two attached hydrogens (primary N) is 1. The van der Waals surface area contributed by atoms with Crippen molar-refractivity contribution in [3.63, 3.8) is 0 Å². The Morgan fingerprint density at radius 3 is 2.93 bits per heavy atom. The van der Waals surface area contributed by atoms with E-state index in [1.165, 1.54) is 30.5 Å². The highest BCUT2D eigenvalue weighted by Gasteiger charge is 2.02. The Morgan fingerprint density at radius 2 is 2.29 bits per heavy atom. The van der Waals surface area contributed by atoms with Gasteiger partial charge in [-0.3, -0.25) is 4.98 Å². The van der Waals surface area contributed by atoms with Gasteiger partial charge in [0.2, 0.25) is 11.8 Å². The van der Waals surface area contributed by atoms with E-state index in [2.05, 4.69) is 20.1 Å². The number of nitrogens with zero attached hydrogens (tertiary/aromatic N) is 5. The lowest BCUT2D eigenvalue weighted by Crippen LogP contribution is -2.01. The Kier molecular flexibility index (Phi) is 1.98. The Hall–Kier alpha value is -2.18. The molecule has 0 aromatic carbocycles. The molecule has 7 nitrogen and oxygen atoms in total. The predicted molar refractivity (Wildman–Crippen MR) is 47.9 cm³/mol. The molecule has 0 fully saturated rings. The van der Waals surface area contributed by atoms with Gasteiger partial charge in [0.15, 0.2) is 5.82 Å². The molecule has 2 rings (SSSR count). The van der Waals surface area contributed by atoms with E-state index >= 15 is 0 Å². The number of nitrogen functional groups attached to an aromatic ring is 1. The first-order valence-electron chi connectivity index (χ1n) is 3.83. The van der Waals surface area contributed by atoms with E-state index in [1.54, 1.807) is 0 Å². The molecule has 0 bridgehead atoms. The Bertz CT molecular complexity index is 439. The molecular weight excluding hydrogens is 184 g/mol. The highest BCUT2D eigenvalue weighted by molar-refractivity contribution is 5.22. The number of hydrogen-bond donors (Lipinski definition) is 1. The zero-order chi connectivity index (χ0) is 9.97. The van der Waals surface area contributed by atoms with E-state index in [-0.39, 0.29) is 5.95 Å². The Balaban J connectivity index is 2.41. The molecule has 0 radical (unpaired) electrons. The zero-order valence-corrected chi connectivity index (χ0v) is 7.45. The van der Waals surface area contributed by atoms with Crippen LogP contribution in [0.3, 0.4) is 0 Å². The minimum absolute atomic E-state index is 0.189. The second-order valence-corrected chi connectivity index (χ2v) is 2.47. The number of rotatable bonds is 2. The third-order valence-electron chi connectivity index (χ3n) is 1.55. The van der Waals surface area contributed by atoms with Crippen molar-refractivity contribution < 1.29 is 4.74 Å².